The predicted molar refractivity (Wildman–Crippen MR) is 177 cm³/mol. The van der Waals surface area contributed by atoms with E-state index in [0.717, 1.165) is 85.0 Å². The molecule has 0 saturated carbocycles. The molecule has 0 aliphatic heterocycles. The van der Waals surface area contributed by atoms with Gasteiger partial charge in [-0.3, -0.25) is 24.8 Å². The van der Waals surface area contributed by atoms with E-state index < -0.39 is 81.7 Å². The van der Waals surface area contributed by atoms with Gasteiger partial charge >= 0.3 is 118 Å². The van der Waals surface area contributed by atoms with Crippen molar-refractivity contribution in [2.75, 3.05) is 0 Å². The van der Waals surface area contributed by atoms with E-state index in [1.165, 1.54) is 0 Å². The zero-order valence-corrected chi connectivity index (χ0v) is 40.5. The van der Waals surface area contributed by atoms with E-state index in [4.69, 9.17) is 0 Å². The van der Waals surface area contributed by atoms with Crippen molar-refractivity contribution in [3.05, 3.63) is 115 Å². The van der Waals surface area contributed by atoms with Crippen LogP contribution >= 0.6 is 0 Å². The molecule has 272 valence electrons. The fraction of sp³-hybridized carbons (Fsp3) is 0. The van der Waals surface area contributed by atoms with Crippen LogP contribution in [0.25, 0.3) is 24.3 Å². The maximum Gasteiger partial charge on any atom is 1.00 e. The summed E-state index contributed by atoms with van der Waals surface area (Å²) >= 11 is 0. The van der Waals surface area contributed by atoms with Gasteiger partial charge in [-0.15, -0.1) is 0 Å². The van der Waals surface area contributed by atoms with Gasteiger partial charge in [0.2, 0.25) is 10.5 Å². The van der Waals surface area contributed by atoms with Crippen LogP contribution in [0.4, 0.5) is 22.7 Å². The van der Waals surface area contributed by atoms with Crippen molar-refractivity contribution in [1.82, 2.24) is 0 Å². The third-order valence-corrected chi connectivity index (χ3v) is 10.3. The number of nitrogens with zero attached hydrogens (tertiary/aromatic N) is 4. The largest absolute Gasteiger partial charge is 1.00 e. The summed E-state index contributed by atoms with van der Waals surface area (Å²) < 4.78 is 138. The second-order valence-corrected chi connectivity index (χ2v) is 15.6. The molecule has 56 heavy (non-hydrogen) atoms. The minimum Gasteiger partial charge on any atom is -0.744 e. The number of hydrogen-bond acceptors (Lipinski definition) is 16. The van der Waals surface area contributed by atoms with Gasteiger partial charge in [-0.25, -0.2) is 16.8 Å². The van der Waals surface area contributed by atoms with Gasteiger partial charge in [-0.2, -0.15) is 23.2 Å². The van der Waals surface area contributed by atoms with Crippen LogP contribution in [-0.2, 0) is 45.1 Å². The molecule has 0 saturated heterocycles. The van der Waals surface area contributed by atoms with Crippen LogP contribution in [0.5, 0.6) is 0 Å². The van der Waals surface area contributed by atoms with Gasteiger partial charge in [0.25, 0.3) is 21.5 Å². The molecule has 0 amide bonds. The number of rotatable bonds is 12. The van der Waals surface area contributed by atoms with Crippen molar-refractivity contribution < 1.29 is 180 Å². The summed E-state index contributed by atoms with van der Waals surface area (Å²) in [6, 6.07) is 10.8. The zero-order valence-electron chi connectivity index (χ0n) is 29.3. The Hall–Kier alpha value is -1.44. The molecule has 0 spiro atoms. The number of non-ortho nitro benzene ring substituents is 2. The molecular weight excluding hydrogens is 869 g/mol. The quantitative estimate of drug-likeness (QED) is 0.0254. The molecule has 28 heteroatoms. The van der Waals surface area contributed by atoms with Gasteiger partial charge in [0.15, 0.2) is 4.90 Å². The van der Waals surface area contributed by atoms with E-state index in [0.29, 0.717) is 12.1 Å². The SMILES string of the molecule is O=[N+]([O-])c1ccc(/C=C/c2ccc(N=Nc3ccc(/C=C/c4ccc([N+](=O)[O-])cc4S(=O)(=O)O)c(S(=O)(=O)[O-])c3)cc2[S+](=O)([O-])O)c(S(=O)(=O)[O-])c1.[Na+].[Na+].[Na+].[Na+]. The van der Waals surface area contributed by atoms with Crippen molar-refractivity contribution in [2.24, 2.45) is 10.2 Å². The third-order valence-electron chi connectivity index (χ3n) is 6.67. The molecule has 0 radical (unpaired) electrons. The van der Waals surface area contributed by atoms with Crippen LogP contribution < -0.4 is 118 Å². The summed E-state index contributed by atoms with van der Waals surface area (Å²) in [6.45, 7) is 0. The van der Waals surface area contributed by atoms with Gasteiger partial charge in [-0.05, 0) is 59.2 Å². The first-order valence-corrected chi connectivity index (χ1v) is 19.1. The molecule has 2 N–H and O–H groups in total. The Morgan fingerprint density at radius 1 is 0.571 bits per heavy atom. The zero-order chi connectivity index (χ0) is 38.8. The molecule has 4 rings (SSSR count). The maximum atomic E-state index is 12.2. The van der Waals surface area contributed by atoms with Gasteiger partial charge in [0.05, 0.1) is 31.0 Å². The van der Waals surface area contributed by atoms with Crippen molar-refractivity contribution >= 4 is 87.9 Å². The van der Waals surface area contributed by atoms with Crippen LogP contribution in [0.1, 0.15) is 22.3 Å². The Morgan fingerprint density at radius 2 is 0.911 bits per heavy atom. The minimum atomic E-state index is -5.25. The summed E-state index contributed by atoms with van der Waals surface area (Å²) in [5.41, 5.74) is -3.14. The van der Waals surface area contributed by atoms with E-state index >= 15 is 0 Å². The van der Waals surface area contributed by atoms with Crippen molar-refractivity contribution in [2.45, 2.75) is 19.6 Å². The molecule has 0 aliphatic carbocycles. The summed E-state index contributed by atoms with van der Waals surface area (Å²) in [6.07, 6.45) is 3.87. The Labute approximate surface area is 407 Å². The number of benzene rings is 4. The molecule has 0 bridgehead atoms. The normalized spacial score (nSPS) is 12.9. The Kier molecular flexibility index (Phi) is 21.1. The average molecular weight is 887 g/mol. The number of nitro groups is 2. The first-order valence-electron chi connectivity index (χ1n) is 13.4. The van der Waals surface area contributed by atoms with E-state index in [9.17, 15) is 72.5 Å². The van der Waals surface area contributed by atoms with Gasteiger partial charge in [0, 0.05) is 35.9 Å². The van der Waals surface area contributed by atoms with Gasteiger partial charge in [0.1, 0.15) is 25.1 Å². The first kappa shape index (κ1) is 54.6. The van der Waals surface area contributed by atoms with Crippen molar-refractivity contribution in [1.29, 1.82) is 0 Å². The Morgan fingerprint density at radius 3 is 1.30 bits per heavy atom. The standard InChI is InChI=1S/C28H20N4O16S4.4Na/c33-31(34)23-11-7-19(27(15-23)51(43,44)45)3-1-17-5-9-21(13-25(17)49(37,38)39)29-30-22-10-6-18(26(14-22)50(40,41)42)2-4-20-8-12-24(32(35)36)16-28(20)52(46,47)48;;;;/h1-16H,(H4-,37,38,39,40,41,42,43,44,45,46,47,48);;;;/q;4*+1/p-2/b3-1+,4-2+,30-29?;;;;. The molecule has 0 heterocycles. The second-order valence-electron chi connectivity index (χ2n) is 10.1. The van der Waals surface area contributed by atoms with E-state index in [-0.39, 0.29) is 152 Å². The van der Waals surface area contributed by atoms with Gasteiger partial charge < -0.3 is 13.7 Å². The van der Waals surface area contributed by atoms with E-state index in [2.05, 4.69) is 10.2 Å². The molecule has 1 atom stereocenters. The molecule has 4 aromatic rings. The smallest absolute Gasteiger partial charge is 0.744 e. The van der Waals surface area contributed by atoms with Crippen LogP contribution in [0.2, 0.25) is 0 Å². The Bertz CT molecular complexity index is 2640. The monoisotopic (exact) mass is 886 g/mol. The number of nitro benzene ring substituents is 2. The average Bonchev–Trinajstić information content (AvgIpc) is 3.03. The van der Waals surface area contributed by atoms with Gasteiger partial charge in [-0.1, -0.05) is 28.5 Å². The first-order chi connectivity index (χ1) is 23.9. The summed E-state index contributed by atoms with van der Waals surface area (Å²) in [5, 5.41) is 29.6. The fourth-order valence-corrected chi connectivity index (χ4v) is 7.14. The van der Waals surface area contributed by atoms with Crippen molar-refractivity contribution in [3.8, 4) is 0 Å². The van der Waals surface area contributed by atoms with E-state index in [1.807, 2.05) is 0 Å². The van der Waals surface area contributed by atoms with Crippen LogP contribution in [0.3, 0.4) is 0 Å². The number of azo groups is 1. The minimum absolute atomic E-state index is 0. The second kappa shape index (κ2) is 21.7. The number of hydrogen-bond donors (Lipinski definition) is 2. The molecule has 0 aromatic heterocycles. The van der Waals surface area contributed by atoms with Crippen molar-refractivity contribution in [3.63, 3.8) is 0 Å². The summed E-state index contributed by atoms with van der Waals surface area (Å²) in [4.78, 5) is 16.6. The van der Waals surface area contributed by atoms with Crippen LogP contribution in [0, 0.1) is 20.2 Å². The fourth-order valence-electron chi connectivity index (χ4n) is 4.35. The molecular formula is C28H18N4Na4O16S4+2. The Balaban J connectivity index is 0.00000756. The third kappa shape index (κ3) is 14.7. The molecule has 1 unspecified atom stereocenters. The maximum absolute atomic E-state index is 12.2. The predicted octanol–water partition coefficient (Wildman–Crippen LogP) is -7.21. The van der Waals surface area contributed by atoms with Crippen LogP contribution in [-0.4, -0.2) is 57.9 Å². The van der Waals surface area contributed by atoms with Crippen LogP contribution in [0.15, 0.2) is 103 Å². The molecule has 0 fully saturated rings. The van der Waals surface area contributed by atoms with E-state index in [1.54, 1.807) is 0 Å². The summed E-state index contributed by atoms with van der Waals surface area (Å²) in [7, 11) is -20.5. The summed E-state index contributed by atoms with van der Waals surface area (Å²) in [5.74, 6) is 0. The molecule has 0 aliphatic rings. The topological polar surface area (TPSA) is 340 Å². The molecule has 4 aromatic carbocycles. The molecule has 20 nitrogen and oxygen atoms in total.